The molecule has 0 unspecified atom stereocenters. The lowest BCUT2D eigenvalue weighted by Gasteiger charge is -2.33. The first-order valence-electron chi connectivity index (χ1n) is 23.3. The van der Waals surface area contributed by atoms with Crippen LogP contribution in [-0.4, -0.2) is 147 Å². The van der Waals surface area contributed by atoms with Crippen LogP contribution in [0.25, 0.3) is 0 Å². The van der Waals surface area contributed by atoms with E-state index in [9.17, 15) is 57.8 Å². The molecule has 1 aromatic carbocycles. The first kappa shape index (κ1) is 59.2. The van der Waals surface area contributed by atoms with Gasteiger partial charge in [0.1, 0.15) is 48.0 Å². The maximum absolute atomic E-state index is 14.7. The Morgan fingerprint density at radius 2 is 1.42 bits per heavy atom. The monoisotopic (exact) mass is 1030 g/mol. The summed E-state index contributed by atoms with van der Waals surface area (Å²) in [5, 5.41) is 27.9. The van der Waals surface area contributed by atoms with Gasteiger partial charge in [0.15, 0.2) is 0 Å². The number of carbonyl (C=O) groups is 11. The Hall–Kier alpha value is -6.15. The molecule has 9 atom stereocenters. The van der Waals surface area contributed by atoms with E-state index >= 15 is 0 Å². The van der Waals surface area contributed by atoms with Crippen LogP contribution in [0.15, 0.2) is 24.3 Å². The SMILES string of the molecule is CC[C@@H](C)[C@@H]1NC(=O)[C@@H](Cc2ccc(O)cc2)NC(=O)[C@H](N)C(C)(C)SSC[C@@H](C(=O)N2CCC[C@@H]2C(=O)N[C@@H](CC(C)C)C(=O)NCC(N)=O)NC(=O)[C@H](CC(N)=O)NC(=O)[C@@H](CCC(N)=O)NC1=O. The molecular weight excluding hydrogens is 965 g/mol. The summed E-state index contributed by atoms with van der Waals surface area (Å²) in [6.07, 6.45) is -0.746. The number of likely N-dealkylation sites (tertiary alicyclic amines) is 1. The minimum Gasteiger partial charge on any atom is -0.508 e. The van der Waals surface area contributed by atoms with Crippen molar-refractivity contribution in [2.24, 2.45) is 34.8 Å². The highest BCUT2D eigenvalue weighted by Crippen LogP contribution is 2.38. The van der Waals surface area contributed by atoms with E-state index in [2.05, 4.69) is 37.2 Å². The number of phenolic OH excluding ortho intramolecular Hbond substituents is 1. The van der Waals surface area contributed by atoms with Crippen LogP contribution in [0, 0.1) is 11.8 Å². The van der Waals surface area contributed by atoms with Crippen LogP contribution in [0.1, 0.15) is 92.1 Å². The Labute approximate surface area is 420 Å². The Morgan fingerprint density at radius 3 is 2.01 bits per heavy atom. The van der Waals surface area contributed by atoms with Crippen LogP contribution < -0.4 is 60.2 Å². The van der Waals surface area contributed by atoms with Crippen molar-refractivity contribution in [1.82, 2.24) is 42.1 Å². The predicted octanol–water partition coefficient (Wildman–Crippen LogP) is -2.83. The number of nitrogens with two attached hydrogens (primary N) is 4. The Morgan fingerprint density at radius 1 is 0.817 bits per heavy atom. The van der Waals surface area contributed by atoms with Gasteiger partial charge in [0.2, 0.25) is 65.0 Å². The van der Waals surface area contributed by atoms with Crippen molar-refractivity contribution in [1.29, 1.82) is 0 Å². The molecule has 11 amide bonds. The second-order valence-corrected chi connectivity index (χ2v) is 21.7. The maximum atomic E-state index is 14.7. The summed E-state index contributed by atoms with van der Waals surface area (Å²) < 4.78 is -1.16. The van der Waals surface area contributed by atoms with E-state index in [0.717, 1.165) is 21.6 Å². The minimum atomic E-state index is -1.76. The molecule has 2 fully saturated rings. The molecule has 0 radical (unpaired) electrons. The van der Waals surface area contributed by atoms with Crippen molar-refractivity contribution < 1.29 is 57.8 Å². The van der Waals surface area contributed by atoms with Crippen LogP contribution in [0.4, 0.5) is 0 Å². The van der Waals surface area contributed by atoms with Crippen molar-refractivity contribution in [3.63, 3.8) is 0 Å². The third-order valence-corrected chi connectivity index (χ3v) is 15.2. The lowest BCUT2D eigenvalue weighted by atomic mass is 9.96. The zero-order valence-electron chi connectivity index (χ0n) is 40.9. The summed E-state index contributed by atoms with van der Waals surface area (Å²) in [6, 6.07) is -5.23. The smallest absolute Gasteiger partial charge is 0.246 e. The van der Waals surface area contributed by atoms with E-state index in [1.807, 2.05) is 13.8 Å². The van der Waals surface area contributed by atoms with Gasteiger partial charge in [0.05, 0.1) is 19.0 Å². The van der Waals surface area contributed by atoms with Gasteiger partial charge in [-0.1, -0.05) is 67.8 Å². The van der Waals surface area contributed by atoms with Gasteiger partial charge in [-0.2, -0.15) is 0 Å². The van der Waals surface area contributed by atoms with E-state index < -0.39 is 150 Å². The van der Waals surface area contributed by atoms with Crippen molar-refractivity contribution in [2.75, 3.05) is 18.8 Å². The molecule has 24 nitrogen and oxygen atoms in total. The minimum absolute atomic E-state index is 0.0412. The second kappa shape index (κ2) is 27.5. The van der Waals surface area contributed by atoms with E-state index in [0.29, 0.717) is 18.4 Å². The number of amides is 11. The van der Waals surface area contributed by atoms with Gasteiger partial charge >= 0.3 is 0 Å². The molecule has 2 saturated heterocycles. The third kappa shape index (κ3) is 18.5. The average Bonchev–Trinajstić information content (AvgIpc) is 3.79. The van der Waals surface area contributed by atoms with E-state index in [-0.39, 0.29) is 43.2 Å². The third-order valence-electron chi connectivity index (χ3n) is 11.9. The first-order chi connectivity index (χ1) is 33.2. The predicted molar refractivity (Wildman–Crippen MR) is 264 cm³/mol. The summed E-state index contributed by atoms with van der Waals surface area (Å²) in [6.45, 7) is 9.87. The zero-order valence-corrected chi connectivity index (χ0v) is 42.5. The number of primary amides is 3. The number of benzene rings is 1. The number of hydrogen-bond acceptors (Lipinski definition) is 15. The van der Waals surface area contributed by atoms with Crippen LogP contribution in [0.3, 0.4) is 0 Å². The molecule has 2 aliphatic rings. The van der Waals surface area contributed by atoms with Crippen LogP contribution >= 0.6 is 21.6 Å². The van der Waals surface area contributed by atoms with Crippen molar-refractivity contribution in [2.45, 2.75) is 146 Å². The largest absolute Gasteiger partial charge is 0.508 e. The topological polar surface area (TPSA) is 400 Å². The highest BCUT2D eigenvalue weighted by molar-refractivity contribution is 8.77. The van der Waals surface area contributed by atoms with Gasteiger partial charge in [-0.15, -0.1) is 0 Å². The molecule has 2 aliphatic heterocycles. The van der Waals surface area contributed by atoms with Gasteiger partial charge < -0.3 is 70.2 Å². The summed E-state index contributed by atoms with van der Waals surface area (Å²) in [5.41, 5.74) is 23.3. The number of hydrogen-bond donors (Lipinski definition) is 12. The Balaban J connectivity index is 2.12. The van der Waals surface area contributed by atoms with Crippen molar-refractivity contribution in [3.8, 4) is 5.75 Å². The molecule has 0 aliphatic carbocycles. The standard InChI is InChI=1S/C45H70N12O12S2/c1-7-23(4)35-42(67)51-26(14-15-32(46)59)38(63)52-29(19-33(47)60)39(64)55-30(44(69)57-16-8-9-31(57)41(66)53-27(17-22(2)3)37(62)50-20-34(48)61)21-70-71-45(5,6)36(49)43(68)54-28(40(65)56-35)18-24-10-12-25(58)13-11-24/h10-13,22-23,26-31,35-36,58H,7-9,14-21,49H2,1-6H3,(H2,46,59)(H2,47,60)(H2,48,61)(H,50,62)(H,51,67)(H,52,63)(H,53,66)(H,54,68)(H,55,64)(H,56,65)/t23-,26-,27+,28-,29+,30+,31-,35+,36+/m1/s1. The molecule has 0 spiro atoms. The fraction of sp³-hybridized carbons (Fsp3) is 0.622. The number of nitrogens with one attached hydrogen (secondary N) is 7. The van der Waals surface area contributed by atoms with Crippen molar-refractivity contribution in [3.05, 3.63) is 29.8 Å². The van der Waals surface area contributed by atoms with Crippen LogP contribution in [0.2, 0.25) is 0 Å². The molecular formula is C45H70N12O12S2. The number of aromatic hydroxyl groups is 1. The second-order valence-electron chi connectivity index (χ2n) is 18.7. The summed E-state index contributed by atoms with van der Waals surface area (Å²) in [4.78, 5) is 149. The summed E-state index contributed by atoms with van der Waals surface area (Å²) in [7, 11) is 2.08. The molecule has 0 saturated carbocycles. The van der Waals surface area contributed by atoms with Gasteiger partial charge in [0, 0.05) is 29.9 Å². The molecule has 0 aromatic heterocycles. The number of rotatable bonds is 17. The van der Waals surface area contributed by atoms with Gasteiger partial charge in [-0.3, -0.25) is 52.7 Å². The molecule has 16 N–H and O–H groups in total. The molecule has 2 heterocycles. The molecule has 0 bridgehead atoms. The highest BCUT2D eigenvalue weighted by atomic mass is 33.1. The zero-order chi connectivity index (χ0) is 53.3. The Kier molecular flexibility index (Phi) is 22.9. The molecule has 1 aromatic rings. The quantitative estimate of drug-likeness (QED) is 0.0700. The van der Waals surface area contributed by atoms with Gasteiger partial charge in [0.25, 0.3) is 0 Å². The van der Waals surface area contributed by atoms with Crippen LogP contribution in [0.5, 0.6) is 5.75 Å². The molecule has 26 heteroatoms. The average molecular weight is 1040 g/mol. The fourth-order valence-corrected chi connectivity index (χ4v) is 10.4. The lowest BCUT2D eigenvalue weighted by Crippen LogP contribution is -2.62. The molecule has 3 rings (SSSR count). The lowest BCUT2D eigenvalue weighted by molar-refractivity contribution is -0.142. The summed E-state index contributed by atoms with van der Waals surface area (Å²) >= 11 is 0. The number of carbonyl (C=O) groups excluding carboxylic acids is 11. The van der Waals surface area contributed by atoms with E-state index in [1.54, 1.807) is 39.8 Å². The molecule has 394 valence electrons. The Bertz CT molecular complexity index is 2130. The normalized spacial score (nSPS) is 24.7. The fourth-order valence-electron chi connectivity index (χ4n) is 7.63. The highest BCUT2D eigenvalue weighted by Gasteiger charge is 2.42. The van der Waals surface area contributed by atoms with Crippen molar-refractivity contribution >= 4 is 86.6 Å². The van der Waals surface area contributed by atoms with Gasteiger partial charge in [-0.05, 0) is 69.1 Å². The van der Waals surface area contributed by atoms with E-state index in [1.165, 1.54) is 17.0 Å². The molecule has 71 heavy (non-hydrogen) atoms. The van der Waals surface area contributed by atoms with Gasteiger partial charge in [-0.25, -0.2) is 0 Å². The van der Waals surface area contributed by atoms with E-state index in [4.69, 9.17) is 22.9 Å². The number of nitrogens with zero attached hydrogens (tertiary/aromatic N) is 1. The van der Waals surface area contributed by atoms with Crippen LogP contribution in [-0.2, 0) is 59.2 Å². The number of phenols is 1. The first-order valence-corrected chi connectivity index (χ1v) is 25.7. The summed E-state index contributed by atoms with van der Waals surface area (Å²) in [5.74, 6) is -10.4. The maximum Gasteiger partial charge on any atom is 0.246 e.